The molecule has 0 bridgehead atoms. The van der Waals surface area contributed by atoms with Crippen LogP contribution in [0.5, 0.6) is 5.75 Å². The monoisotopic (exact) mass is 341 g/mol. The summed E-state index contributed by atoms with van der Waals surface area (Å²) in [7, 11) is 1.64. The number of aromatic amines is 1. The van der Waals surface area contributed by atoms with E-state index in [1.54, 1.807) is 24.3 Å². The average Bonchev–Trinajstić information content (AvgIpc) is 3.16. The van der Waals surface area contributed by atoms with Crippen molar-refractivity contribution >= 4 is 11.8 Å². The van der Waals surface area contributed by atoms with Gasteiger partial charge in [0.25, 0.3) is 5.91 Å². The second-order valence-corrected chi connectivity index (χ2v) is 6.24. The van der Waals surface area contributed by atoms with Crippen LogP contribution in [0.15, 0.2) is 36.5 Å². The van der Waals surface area contributed by atoms with Gasteiger partial charge in [-0.1, -0.05) is 12.1 Å². The van der Waals surface area contributed by atoms with Crippen molar-refractivity contribution < 1.29 is 14.3 Å². The molecule has 1 aromatic carbocycles. The zero-order valence-corrected chi connectivity index (χ0v) is 14.6. The highest BCUT2D eigenvalue weighted by Crippen LogP contribution is 2.19. The molecule has 1 aromatic heterocycles. The number of H-pyrrole nitrogens is 1. The Hall–Kier alpha value is -2.76. The molecule has 2 amide bonds. The van der Waals surface area contributed by atoms with Crippen molar-refractivity contribution in [3.63, 3.8) is 0 Å². The summed E-state index contributed by atoms with van der Waals surface area (Å²) < 4.78 is 5.25. The Morgan fingerprint density at radius 3 is 2.44 bits per heavy atom. The van der Waals surface area contributed by atoms with Gasteiger partial charge in [0.05, 0.1) is 13.5 Å². The molecule has 1 N–H and O–H groups in total. The van der Waals surface area contributed by atoms with E-state index in [1.165, 1.54) is 0 Å². The Balaban J connectivity index is 1.55. The summed E-state index contributed by atoms with van der Waals surface area (Å²) in [6.07, 6.45) is 2.11. The maximum Gasteiger partial charge on any atom is 0.270 e. The van der Waals surface area contributed by atoms with E-state index in [9.17, 15) is 9.59 Å². The quantitative estimate of drug-likeness (QED) is 0.923. The van der Waals surface area contributed by atoms with Crippen LogP contribution in [0.4, 0.5) is 0 Å². The van der Waals surface area contributed by atoms with Crippen molar-refractivity contribution in [2.24, 2.45) is 0 Å². The van der Waals surface area contributed by atoms with Gasteiger partial charge in [-0.3, -0.25) is 9.59 Å². The van der Waals surface area contributed by atoms with E-state index in [4.69, 9.17) is 4.74 Å². The number of amides is 2. The van der Waals surface area contributed by atoms with Gasteiger partial charge < -0.3 is 19.5 Å². The van der Waals surface area contributed by atoms with E-state index in [0.717, 1.165) is 16.9 Å². The van der Waals surface area contributed by atoms with Crippen molar-refractivity contribution in [2.75, 3.05) is 33.3 Å². The Morgan fingerprint density at radius 1 is 1.12 bits per heavy atom. The van der Waals surface area contributed by atoms with Gasteiger partial charge in [-0.05, 0) is 36.2 Å². The molecule has 6 nitrogen and oxygen atoms in total. The van der Waals surface area contributed by atoms with Crippen molar-refractivity contribution in [1.29, 1.82) is 0 Å². The van der Waals surface area contributed by atoms with E-state index in [1.807, 2.05) is 36.1 Å². The fraction of sp³-hybridized carbons (Fsp3) is 0.368. The third-order valence-corrected chi connectivity index (χ3v) is 4.56. The molecule has 1 aliphatic rings. The standard InChI is InChI=1S/C19H23N3O3/c1-14-12-15(5-6-17(14)25-2)13-18(23)21-8-10-22(11-9-21)19(24)16-4-3-7-20-16/h3-7,12,20H,8-11,13H2,1-2H3. The van der Waals surface area contributed by atoms with E-state index >= 15 is 0 Å². The number of hydrogen-bond acceptors (Lipinski definition) is 3. The molecule has 0 atom stereocenters. The predicted octanol–water partition coefficient (Wildman–Crippen LogP) is 1.86. The zero-order chi connectivity index (χ0) is 17.8. The molecule has 3 rings (SSSR count). The Labute approximate surface area is 147 Å². The third-order valence-electron chi connectivity index (χ3n) is 4.56. The molecule has 0 spiro atoms. The number of methoxy groups -OCH3 is 1. The highest BCUT2D eigenvalue weighted by atomic mass is 16.5. The van der Waals surface area contributed by atoms with Crippen LogP contribution in [0.1, 0.15) is 21.6 Å². The second kappa shape index (κ2) is 7.42. The molecule has 0 saturated carbocycles. The number of nitrogens with zero attached hydrogens (tertiary/aromatic N) is 2. The largest absolute Gasteiger partial charge is 0.496 e. The predicted molar refractivity (Wildman–Crippen MR) is 94.7 cm³/mol. The van der Waals surface area contributed by atoms with Gasteiger partial charge in [-0.15, -0.1) is 0 Å². The first-order valence-corrected chi connectivity index (χ1v) is 8.42. The molecule has 2 heterocycles. The molecule has 1 aliphatic heterocycles. The smallest absolute Gasteiger partial charge is 0.270 e. The molecule has 0 unspecified atom stereocenters. The van der Waals surface area contributed by atoms with Crippen molar-refractivity contribution in [3.05, 3.63) is 53.3 Å². The molecular weight excluding hydrogens is 318 g/mol. The van der Waals surface area contributed by atoms with Crippen molar-refractivity contribution in [1.82, 2.24) is 14.8 Å². The Kier molecular flexibility index (Phi) is 5.07. The summed E-state index contributed by atoms with van der Waals surface area (Å²) in [6, 6.07) is 9.39. The minimum atomic E-state index is -0.0112. The van der Waals surface area contributed by atoms with Crippen LogP contribution in [-0.2, 0) is 11.2 Å². The summed E-state index contributed by atoms with van der Waals surface area (Å²) in [4.78, 5) is 31.4. The fourth-order valence-corrected chi connectivity index (χ4v) is 3.13. The Morgan fingerprint density at radius 2 is 1.84 bits per heavy atom. The van der Waals surface area contributed by atoms with E-state index in [0.29, 0.717) is 38.3 Å². The molecule has 0 radical (unpaired) electrons. The minimum absolute atomic E-state index is 0.0112. The number of nitrogens with one attached hydrogen (secondary N) is 1. The highest BCUT2D eigenvalue weighted by Gasteiger charge is 2.25. The first-order valence-electron chi connectivity index (χ1n) is 8.42. The fourth-order valence-electron chi connectivity index (χ4n) is 3.13. The van der Waals surface area contributed by atoms with Gasteiger partial charge in [0.1, 0.15) is 11.4 Å². The highest BCUT2D eigenvalue weighted by molar-refractivity contribution is 5.92. The topological polar surface area (TPSA) is 65.6 Å². The van der Waals surface area contributed by atoms with E-state index in [-0.39, 0.29) is 11.8 Å². The van der Waals surface area contributed by atoms with Gasteiger partial charge in [0.15, 0.2) is 0 Å². The SMILES string of the molecule is COc1ccc(CC(=O)N2CCN(C(=O)c3ccc[nH]3)CC2)cc1C. The van der Waals surface area contributed by atoms with Crippen LogP contribution < -0.4 is 4.74 Å². The normalized spacial score (nSPS) is 14.5. The summed E-state index contributed by atoms with van der Waals surface area (Å²) in [5.41, 5.74) is 2.59. The van der Waals surface area contributed by atoms with Crippen molar-refractivity contribution in [3.8, 4) is 5.75 Å². The zero-order valence-electron chi connectivity index (χ0n) is 14.6. The van der Waals surface area contributed by atoms with Crippen molar-refractivity contribution in [2.45, 2.75) is 13.3 Å². The number of benzene rings is 1. The molecule has 1 fully saturated rings. The number of aryl methyl sites for hydroxylation is 1. The first-order chi connectivity index (χ1) is 12.1. The maximum atomic E-state index is 12.5. The second-order valence-electron chi connectivity index (χ2n) is 6.24. The van der Waals surface area contributed by atoms with Crippen LogP contribution in [0.2, 0.25) is 0 Å². The van der Waals surface area contributed by atoms with Gasteiger partial charge in [0.2, 0.25) is 5.91 Å². The summed E-state index contributed by atoms with van der Waals surface area (Å²) >= 11 is 0. The van der Waals surface area contributed by atoms with Crippen LogP contribution in [0, 0.1) is 6.92 Å². The molecule has 132 valence electrons. The van der Waals surface area contributed by atoms with Gasteiger partial charge in [-0.2, -0.15) is 0 Å². The lowest BCUT2D eigenvalue weighted by Crippen LogP contribution is -2.51. The van der Waals surface area contributed by atoms with E-state index in [2.05, 4.69) is 4.98 Å². The maximum absolute atomic E-state index is 12.5. The summed E-state index contributed by atoms with van der Waals surface area (Å²) in [5.74, 6) is 0.909. The lowest BCUT2D eigenvalue weighted by molar-refractivity contribution is -0.131. The van der Waals surface area contributed by atoms with E-state index < -0.39 is 0 Å². The number of aromatic nitrogens is 1. The van der Waals surface area contributed by atoms with Gasteiger partial charge in [-0.25, -0.2) is 0 Å². The molecule has 2 aromatic rings. The lowest BCUT2D eigenvalue weighted by Gasteiger charge is -2.34. The lowest BCUT2D eigenvalue weighted by atomic mass is 10.1. The third kappa shape index (κ3) is 3.84. The number of rotatable bonds is 4. The molecular formula is C19H23N3O3. The number of ether oxygens (including phenoxy) is 1. The van der Waals surface area contributed by atoms with Gasteiger partial charge >= 0.3 is 0 Å². The van der Waals surface area contributed by atoms with Crippen LogP contribution >= 0.6 is 0 Å². The van der Waals surface area contributed by atoms with Crippen LogP contribution in [0.3, 0.4) is 0 Å². The first kappa shape index (κ1) is 17.1. The molecule has 1 saturated heterocycles. The van der Waals surface area contributed by atoms with Gasteiger partial charge in [0, 0.05) is 32.4 Å². The number of hydrogen-bond donors (Lipinski definition) is 1. The van der Waals surface area contributed by atoms with Crippen LogP contribution in [0.25, 0.3) is 0 Å². The molecule has 6 heteroatoms. The number of carbonyl (C=O) groups is 2. The number of piperazine rings is 1. The van der Waals surface area contributed by atoms with Crippen LogP contribution in [-0.4, -0.2) is 59.9 Å². The minimum Gasteiger partial charge on any atom is -0.496 e. The summed E-state index contributed by atoms with van der Waals surface area (Å²) in [6.45, 7) is 4.23. The number of carbonyl (C=O) groups excluding carboxylic acids is 2. The average molecular weight is 341 g/mol. The molecule has 0 aliphatic carbocycles. The summed E-state index contributed by atoms with van der Waals surface area (Å²) in [5, 5.41) is 0. The molecule has 25 heavy (non-hydrogen) atoms. The Bertz CT molecular complexity index is 747.